The number of nitrogens with zero attached hydrogens (tertiary/aromatic N) is 1. The van der Waals surface area contributed by atoms with Gasteiger partial charge in [0.15, 0.2) is 11.5 Å². The van der Waals surface area contributed by atoms with Gasteiger partial charge >= 0.3 is 0 Å². The van der Waals surface area contributed by atoms with Crippen molar-refractivity contribution in [2.24, 2.45) is 0 Å². The Balaban J connectivity index is 1.72. The predicted octanol–water partition coefficient (Wildman–Crippen LogP) is 2.87. The first-order chi connectivity index (χ1) is 10.3. The Hall–Kier alpha value is -2.87. The van der Waals surface area contributed by atoms with Gasteiger partial charge in [-0.15, -0.1) is 0 Å². The third kappa shape index (κ3) is 2.70. The maximum Gasteiger partial charge on any atom is 0.231 e. The highest BCUT2D eigenvalue weighted by Crippen LogP contribution is 2.35. The van der Waals surface area contributed by atoms with Gasteiger partial charge in [-0.2, -0.15) is 5.26 Å². The van der Waals surface area contributed by atoms with Crippen molar-refractivity contribution in [1.82, 2.24) is 0 Å². The molecule has 0 atom stereocenters. The Morgan fingerprint density at radius 3 is 2.81 bits per heavy atom. The molecule has 0 saturated carbocycles. The fourth-order valence-electron chi connectivity index (χ4n) is 2.07. The number of methoxy groups -OCH3 is 1. The van der Waals surface area contributed by atoms with Gasteiger partial charge < -0.3 is 18.9 Å². The molecular formula is C16H13NO4. The number of ether oxygens (including phenoxy) is 4. The number of hydrogen-bond acceptors (Lipinski definition) is 5. The van der Waals surface area contributed by atoms with E-state index in [2.05, 4.69) is 6.07 Å². The molecule has 0 radical (unpaired) electrons. The van der Waals surface area contributed by atoms with E-state index in [-0.39, 0.29) is 6.79 Å². The van der Waals surface area contributed by atoms with Gasteiger partial charge in [-0.1, -0.05) is 6.07 Å². The van der Waals surface area contributed by atoms with Crippen LogP contribution in [0.5, 0.6) is 23.0 Å². The summed E-state index contributed by atoms with van der Waals surface area (Å²) in [6.07, 6.45) is 0. The highest BCUT2D eigenvalue weighted by Gasteiger charge is 2.13. The molecule has 1 aliphatic heterocycles. The van der Waals surface area contributed by atoms with Crippen molar-refractivity contribution < 1.29 is 18.9 Å². The normalized spacial score (nSPS) is 11.8. The molecule has 0 N–H and O–H groups in total. The Bertz CT molecular complexity index is 706. The maximum atomic E-state index is 9.06. The molecule has 106 valence electrons. The van der Waals surface area contributed by atoms with E-state index in [1.165, 1.54) is 0 Å². The molecule has 3 rings (SSSR count). The summed E-state index contributed by atoms with van der Waals surface area (Å²) in [5.41, 5.74) is 1.38. The standard InChI is InChI=1S/C16H13NO4/c1-18-14-4-2-11(6-12(14)8-17)9-19-13-3-5-15-16(7-13)21-10-20-15/h2-7H,9-10H2,1H3. The summed E-state index contributed by atoms with van der Waals surface area (Å²) in [5.74, 6) is 2.65. The first-order valence-electron chi connectivity index (χ1n) is 6.39. The molecule has 0 fully saturated rings. The van der Waals surface area contributed by atoms with Crippen LogP contribution in [0.2, 0.25) is 0 Å². The zero-order chi connectivity index (χ0) is 14.7. The Kier molecular flexibility index (Phi) is 3.52. The molecule has 21 heavy (non-hydrogen) atoms. The average Bonchev–Trinajstić information content (AvgIpc) is 3.00. The molecule has 5 nitrogen and oxygen atoms in total. The second-order valence-corrected chi connectivity index (χ2v) is 4.45. The van der Waals surface area contributed by atoms with Gasteiger partial charge in [0.25, 0.3) is 0 Å². The minimum Gasteiger partial charge on any atom is -0.495 e. The lowest BCUT2D eigenvalue weighted by atomic mass is 10.1. The van der Waals surface area contributed by atoms with Crippen LogP contribution in [0.25, 0.3) is 0 Å². The Labute approximate surface area is 122 Å². The van der Waals surface area contributed by atoms with Crippen LogP contribution in [0, 0.1) is 11.3 Å². The number of nitriles is 1. The number of rotatable bonds is 4. The van der Waals surface area contributed by atoms with E-state index in [1.54, 1.807) is 25.3 Å². The molecule has 5 heteroatoms. The van der Waals surface area contributed by atoms with Crippen LogP contribution >= 0.6 is 0 Å². The summed E-state index contributed by atoms with van der Waals surface area (Å²) < 4.78 is 21.4. The minimum atomic E-state index is 0.239. The van der Waals surface area contributed by atoms with Crippen LogP contribution in [0.15, 0.2) is 36.4 Å². The molecule has 0 aliphatic carbocycles. The van der Waals surface area contributed by atoms with E-state index in [0.29, 0.717) is 29.4 Å². The molecule has 1 heterocycles. The molecule has 0 amide bonds. The van der Waals surface area contributed by atoms with Crippen molar-refractivity contribution in [3.05, 3.63) is 47.5 Å². The molecule has 0 aromatic heterocycles. The SMILES string of the molecule is COc1ccc(COc2ccc3c(c2)OCO3)cc1C#N. The lowest BCUT2D eigenvalue weighted by molar-refractivity contribution is 0.173. The van der Waals surface area contributed by atoms with Crippen LogP contribution in [-0.4, -0.2) is 13.9 Å². The summed E-state index contributed by atoms with van der Waals surface area (Å²) in [7, 11) is 1.54. The summed E-state index contributed by atoms with van der Waals surface area (Å²) in [6, 6.07) is 12.9. The molecular weight excluding hydrogens is 270 g/mol. The van der Waals surface area contributed by atoms with Crippen LogP contribution in [0.1, 0.15) is 11.1 Å². The first kappa shape index (κ1) is 13.1. The largest absolute Gasteiger partial charge is 0.495 e. The summed E-state index contributed by atoms with van der Waals surface area (Å²) in [5, 5.41) is 9.06. The highest BCUT2D eigenvalue weighted by atomic mass is 16.7. The molecule has 0 saturated heterocycles. The number of hydrogen-bond donors (Lipinski definition) is 0. The summed E-state index contributed by atoms with van der Waals surface area (Å²) in [4.78, 5) is 0. The average molecular weight is 283 g/mol. The van der Waals surface area contributed by atoms with E-state index in [0.717, 1.165) is 11.3 Å². The first-order valence-corrected chi connectivity index (χ1v) is 6.39. The van der Waals surface area contributed by atoms with Crippen molar-refractivity contribution in [2.45, 2.75) is 6.61 Å². The van der Waals surface area contributed by atoms with Crippen molar-refractivity contribution >= 4 is 0 Å². The topological polar surface area (TPSA) is 60.7 Å². The zero-order valence-corrected chi connectivity index (χ0v) is 11.5. The third-order valence-electron chi connectivity index (χ3n) is 3.13. The van der Waals surface area contributed by atoms with E-state index < -0.39 is 0 Å². The van der Waals surface area contributed by atoms with E-state index >= 15 is 0 Å². The lowest BCUT2D eigenvalue weighted by Gasteiger charge is -2.09. The molecule has 2 aromatic carbocycles. The fourth-order valence-corrected chi connectivity index (χ4v) is 2.07. The maximum absolute atomic E-state index is 9.06. The zero-order valence-electron chi connectivity index (χ0n) is 11.5. The van der Waals surface area contributed by atoms with Gasteiger partial charge in [-0.3, -0.25) is 0 Å². The number of benzene rings is 2. The van der Waals surface area contributed by atoms with Gasteiger partial charge in [0.2, 0.25) is 6.79 Å². The molecule has 0 spiro atoms. The quantitative estimate of drug-likeness (QED) is 0.863. The lowest BCUT2D eigenvalue weighted by Crippen LogP contribution is -1.97. The van der Waals surface area contributed by atoms with Gasteiger partial charge in [-0.05, 0) is 29.8 Å². The summed E-state index contributed by atoms with van der Waals surface area (Å²) >= 11 is 0. The van der Waals surface area contributed by atoms with Gasteiger partial charge in [0.05, 0.1) is 12.7 Å². The van der Waals surface area contributed by atoms with Crippen molar-refractivity contribution in [1.29, 1.82) is 5.26 Å². The molecule has 0 bridgehead atoms. The van der Waals surface area contributed by atoms with Gasteiger partial charge in [0, 0.05) is 6.07 Å². The van der Waals surface area contributed by atoms with Crippen LogP contribution in [0.4, 0.5) is 0 Å². The van der Waals surface area contributed by atoms with E-state index in [1.807, 2.05) is 18.2 Å². The highest BCUT2D eigenvalue weighted by molar-refractivity contribution is 5.47. The molecule has 1 aliphatic rings. The van der Waals surface area contributed by atoms with Crippen molar-refractivity contribution in [3.63, 3.8) is 0 Å². The molecule has 2 aromatic rings. The second-order valence-electron chi connectivity index (χ2n) is 4.45. The van der Waals surface area contributed by atoms with Crippen LogP contribution in [0.3, 0.4) is 0 Å². The summed E-state index contributed by atoms with van der Waals surface area (Å²) in [6.45, 7) is 0.598. The van der Waals surface area contributed by atoms with E-state index in [4.69, 9.17) is 24.2 Å². The van der Waals surface area contributed by atoms with Crippen molar-refractivity contribution in [3.8, 4) is 29.1 Å². The second kappa shape index (κ2) is 5.63. The smallest absolute Gasteiger partial charge is 0.231 e. The minimum absolute atomic E-state index is 0.239. The van der Waals surface area contributed by atoms with Crippen molar-refractivity contribution in [2.75, 3.05) is 13.9 Å². The predicted molar refractivity (Wildman–Crippen MR) is 74.6 cm³/mol. The van der Waals surface area contributed by atoms with E-state index in [9.17, 15) is 0 Å². The van der Waals surface area contributed by atoms with Crippen LogP contribution in [-0.2, 0) is 6.61 Å². The number of fused-ring (bicyclic) bond motifs is 1. The third-order valence-corrected chi connectivity index (χ3v) is 3.13. The van der Waals surface area contributed by atoms with Gasteiger partial charge in [0.1, 0.15) is 24.2 Å². The monoisotopic (exact) mass is 283 g/mol. The Morgan fingerprint density at radius 2 is 2.00 bits per heavy atom. The van der Waals surface area contributed by atoms with Crippen LogP contribution < -0.4 is 18.9 Å². The molecule has 0 unspecified atom stereocenters. The van der Waals surface area contributed by atoms with Gasteiger partial charge in [-0.25, -0.2) is 0 Å². The fraction of sp³-hybridized carbons (Fsp3) is 0.188. The Morgan fingerprint density at radius 1 is 1.14 bits per heavy atom.